The van der Waals surface area contributed by atoms with Crippen LogP contribution >= 0.6 is 0 Å². The molecule has 0 spiro atoms. The van der Waals surface area contributed by atoms with Crippen molar-refractivity contribution in [2.45, 2.75) is 18.9 Å². The molecule has 0 N–H and O–H groups in total. The van der Waals surface area contributed by atoms with Crippen LogP contribution in [0.5, 0.6) is 0 Å². The highest BCUT2D eigenvalue weighted by atomic mass is 19.1. The highest BCUT2D eigenvalue weighted by Crippen LogP contribution is 2.24. The Morgan fingerprint density at radius 3 is 2.41 bits per heavy atom. The Labute approximate surface area is 154 Å². The molecule has 0 atom stereocenters. The van der Waals surface area contributed by atoms with Crippen LogP contribution in [0.2, 0.25) is 0 Å². The van der Waals surface area contributed by atoms with Crippen molar-refractivity contribution in [3.63, 3.8) is 0 Å². The van der Waals surface area contributed by atoms with Crippen molar-refractivity contribution < 1.29 is 13.6 Å². The van der Waals surface area contributed by atoms with Crippen molar-refractivity contribution in [2.75, 3.05) is 13.1 Å². The molecule has 0 aliphatic carbocycles. The number of halogens is 1. The molecule has 1 amide bonds. The number of hydrogen-bond acceptors (Lipinski definition) is 4. The van der Waals surface area contributed by atoms with Crippen LogP contribution in [0.1, 0.15) is 29.2 Å². The minimum absolute atomic E-state index is 0.0703. The lowest BCUT2D eigenvalue weighted by Gasteiger charge is -2.31. The summed E-state index contributed by atoms with van der Waals surface area (Å²) in [5.74, 6) is -1.08. The maximum atomic E-state index is 13.8. The maximum Gasteiger partial charge on any atom is 0.437 e. The summed E-state index contributed by atoms with van der Waals surface area (Å²) in [6.07, 6.45) is 1.11. The third-order valence-electron chi connectivity index (χ3n) is 4.79. The fourth-order valence-electron chi connectivity index (χ4n) is 3.34. The molecule has 4 rings (SSSR count). The first kappa shape index (κ1) is 17.2. The van der Waals surface area contributed by atoms with Crippen molar-refractivity contribution in [1.29, 1.82) is 0 Å². The number of carbonyl (C=O) groups is 1. The number of nitrogens with zero attached hydrogens (tertiary/aromatic N) is 3. The highest BCUT2D eigenvalue weighted by molar-refractivity contribution is 5.94. The fraction of sp³-hybridized carbons (Fsp3) is 0.250. The number of benzene rings is 2. The van der Waals surface area contributed by atoms with E-state index in [0.717, 1.165) is 5.56 Å². The third kappa shape index (κ3) is 3.40. The quantitative estimate of drug-likeness (QED) is 0.713. The summed E-state index contributed by atoms with van der Waals surface area (Å²) in [5.41, 5.74) is 0.807. The summed E-state index contributed by atoms with van der Waals surface area (Å²) in [6.45, 7) is 0.857. The number of rotatable bonds is 3. The number of likely N-dealkylation sites (tertiary alicyclic amines) is 1. The Morgan fingerprint density at radius 1 is 1.04 bits per heavy atom. The van der Waals surface area contributed by atoms with E-state index in [9.17, 15) is 14.0 Å². The van der Waals surface area contributed by atoms with Gasteiger partial charge in [0, 0.05) is 18.7 Å². The molecule has 2 aromatic carbocycles. The first-order valence-corrected chi connectivity index (χ1v) is 8.82. The predicted octanol–water partition coefficient (Wildman–Crippen LogP) is 3.12. The molecule has 1 aromatic heterocycles. The van der Waals surface area contributed by atoms with Crippen molar-refractivity contribution in [1.82, 2.24) is 14.7 Å². The van der Waals surface area contributed by atoms with Crippen molar-refractivity contribution in [3.8, 4) is 11.5 Å². The smallest absolute Gasteiger partial charge is 0.388 e. The Morgan fingerprint density at radius 2 is 1.70 bits per heavy atom. The number of hydrogen-bond donors (Lipinski definition) is 0. The molecule has 138 valence electrons. The monoisotopic (exact) mass is 367 g/mol. The molecule has 3 aromatic rings. The Hall–Kier alpha value is -3.22. The van der Waals surface area contributed by atoms with Gasteiger partial charge >= 0.3 is 5.76 Å². The van der Waals surface area contributed by atoms with Gasteiger partial charge in [0.15, 0.2) is 0 Å². The average Bonchev–Trinajstić information content (AvgIpc) is 3.10. The van der Waals surface area contributed by atoms with Crippen LogP contribution < -0.4 is 5.76 Å². The van der Waals surface area contributed by atoms with Crippen LogP contribution in [0.25, 0.3) is 11.5 Å². The third-order valence-corrected chi connectivity index (χ3v) is 4.79. The summed E-state index contributed by atoms with van der Waals surface area (Å²) in [6, 6.07) is 15.0. The van der Waals surface area contributed by atoms with Gasteiger partial charge in [0.05, 0.1) is 11.6 Å². The van der Waals surface area contributed by atoms with E-state index in [-0.39, 0.29) is 23.4 Å². The fourth-order valence-corrected chi connectivity index (χ4v) is 3.34. The summed E-state index contributed by atoms with van der Waals surface area (Å²) in [5, 5.41) is 4.32. The lowest BCUT2D eigenvalue weighted by Crippen LogP contribution is -2.40. The molecule has 7 heteroatoms. The largest absolute Gasteiger partial charge is 0.437 e. The topological polar surface area (TPSA) is 68.3 Å². The van der Waals surface area contributed by atoms with Gasteiger partial charge in [0.1, 0.15) is 5.82 Å². The van der Waals surface area contributed by atoms with Crippen LogP contribution in [0.3, 0.4) is 0 Å². The Balaban J connectivity index is 1.47. The molecule has 1 aliphatic rings. The molecular formula is C20H18FN3O3. The van der Waals surface area contributed by atoms with Gasteiger partial charge in [-0.3, -0.25) is 4.79 Å². The second-order valence-corrected chi connectivity index (χ2v) is 6.49. The van der Waals surface area contributed by atoms with E-state index in [1.54, 1.807) is 17.0 Å². The van der Waals surface area contributed by atoms with Crippen LogP contribution in [-0.4, -0.2) is 33.7 Å². The van der Waals surface area contributed by atoms with Crippen LogP contribution in [-0.2, 0) is 0 Å². The molecule has 0 bridgehead atoms. The number of amides is 1. The molecule has 27 heavy (non-hydrogen) atoms. The summed E-state index contributed by atoms with van der Waals surface area (Å²) < 4.78 is 20.5. The van der Waals surface area contributed by atoms with Gasteiger partial charge in [0.25, 0.3) is 5.91 Å². The second kappa shape index (κ2) is 7.19. The van der Waals surface area contributed by atoms with E-state index in [2.05, 4.69) is 5.10 Å². The number of carbonyl (C=O) groups excluding carboxylic acids is 1. The lowest BCUT2D eigenvalue weighted by atomic mass is 10.0. The molecule has 1 saturated heterocycles. The minimum atomic E-state index is -0.523. The lowest BCUT2D eigenvalue weighted by molar-refractivity contribution is 0.0683. The molecule has 6 nitrogen and oxygen atoms in total. The van der Waals surface area contributed by atoms with E-state index in [1.165, 1.54) is 16.8 Å². The van der Waals surface area contributed by atoms with Crippen molar-refractivity contribution in [2.24, 2.45) is 0 Å². The molecule has 1 aliphatic heterocycles. The summed E-state index contributed by atoms with van der Waals surface area (Å²) in [7, 11) is 0. The molecule has 0 unspecified atom stereocenters. The first-order valence-electron chi connectivity index (χ1n) is 8.82. The van der Waals surface area contributed by atoms with E-state index < -0.39 is 11.6 Å². The molecule has 1 fully saturated rings. The minimum Gasteiger partial charge on any atom is -0.388 e. The number of aromatic nitrogens is 2. The van der Waals surface area contributed by atoms with Gasteiger partial charge in [-0.25, -0.2) is 9.18 Å². The SMILES string of the molecule is O=C(c1ccccc1F)N1CCC(n2nc(-c3ccccc3)oc2=O)CC1. The van der Waals surface area contributed by atoms with Crippen molar-refractivity contribution >= 4 is 5.91 Å². The predicted molar refractivity (Wildman–Crippen MR) is 96.8 cm³/mol. The zero-order valence-electron chi connectivity index (χ0n) is 14.5. The van der Waals surface area contributed by atoms with Crippen LogP contribution in [0, 0.1) is 5.82 Å². The van der Waals surface area contributed by atoms with Crippen LogP contribution in [0.4, 0.5) is 4.39 Å². The second-order valence-electron chi connectivity index (χ2n) is 6.49. The van der Waals surface area contributed by atoms with Gasteiger partial charge in [-0.05, 0) is 37.1 Å². The molecule has 2 heterocycles. The average molecular weight is 367 g/mol. The van der Waals surface area contributed by atoms with E-state index >= 15 is 0 Å². The van der Waals surface area contributed by atoms with E-state index in [4.69, 9.17) is 4.42 Å². The van der Waals surface area contributed by atoms with Crippen LogP contribution in [0.15, 0.2) is 63.8 Å². The van der Waals surface area contributed by atoms with Gasteiger partial charge in [-0.15, -0.1) is 5.10 Å². The van der Waals surface area contributed by atoms with Gasteiger partial charge in [-0.1, -0.05) is 30.3 Å². The van der Waals surface area contributed by atoms with Gasteiger partial charge < -0.3 is 9.32 Å². The van der Waals surface area contributed by atoms with Crippen molar-refractivity contribution in [3.05, 3.63) is 76.5 Å². The normalized spacial score (nSPS) is 15.1. The van der Waals surface area contributed by atoms with Gasteiger partial charge in [0.2, 0.25) is 5.89 Å². The maximum absolute atomic E-state index is 13.8. The zero-order valence-corrected chi connectivity index (χ0v) is 14.5. The Bertz CT molecular complexity index is 1000. The first-order chi connectivity index (χ1) is 13.1. The summed E-state index contributed by atoms with van der Waals surface area (Å²) >= 11 is 0. The van der Waals surface area contributed by atoms with E-state index in [1.807, 2.05) is 30.3 Å². The zero-order chi connectivity index (χ0) is 18.8. The summed E-state index contributed by atoms with van der Waals surface area (Å²) in [4.78, 5) is 26.3. The standard InChI is InChI=1S/C20H18FN3O3/c21-17-9-5-4-8-16(17)19(25)23-12-10-15(11-13-23)24-20(26)27-18(22-24)14-6-2-1-3-7-14/h1-9,15H,10-13H2. The van der Waals surface area contributed by atoms with Gasteiger partial charge in [-0.2, -0.15) is 4.68 Å². The highest BCUT2D eigenvalue weighted by Gasteiger charge is 2.28. The van der Waals surface area contributed by atoms with E-state index in [0.29, 0.717) is 25.9 Å². The molecular weight excluding hydrogens is 349 g/mol. The molecule has 0 saturated carbocycles. The molecule has 0 radical (unpaired) electrons. The number of piperidine rings is 1. The Kier molecular flexibility index (Phi) is 4.58.